The van der Waals surface area contributed by atoms with Crippen LogP contribution in [0, 0.1) is 0 Å². The van der Waals surface area contributed by atoms with Gasteiger partial charge in [-0.2, -0.15) is 0 Å². The molecule has 2 aromatic carbocycles. The van der Waals surface area contributed by atoms with Gasteiger partial charge < -0.3 is 5.11 Å². The molecule has 0 saturated heterocycles. The number of carbonyl (C=O) groups excluding carboxylic acids is 1. The largest absolute Gasteiger partial charge is 0.508 e. The summed E-state index contributed by atoms with van der Waals surface area (Å²) in [7, 11) is 0. The number of alkyl halides is 1. The molecule has 2 rings (SSSR count). The molecule has 0 aliphatic heterocycles. The van der Waals surface area contributed by atoms with Crippen molar-refractivity contribution in [2.45, 2.75) is 38.7 Å². The number of nitrogens with zero attached hydrogens (tertiary/aromatic N) is 1. The molecule has 0 bridgehead atoms. The zero-order valence-electron chi connectivity index (χ0n) is 14.4. The molecule has 1 N–H and O–H groups in total. The number of benzene rings is 2. The molecule has 0 atom stereocenters. The maximum Gasteiger partial charge on any atom is 0.176 e. The van der Waals surface area contributed by atoms with Crippen molar-refractivity contribution in [2.24, 2.45) is 0 Å². The molecule has 0 heterocycles. The molecule has 0 unspecified atom stereocenters. The fourth-order valence-electron chi connectivity index (χ4n) is 2.46. The first-order valence-corrected chi connectivity index (χ1v) is 8.54. The molecule has 4 heteroatoms. The van der Waals surface area contributed by atoms with E-state index in [0.717, 1.165) is 0 Å². The van der Waals surface area contributed by atoms with Crippen molar-refractivity contribution >= 4 is 17.4 Å². The van der Waals surface area contributed by atoms with E-state index in [2.05, 4.69) is 37.8 Å². The fourth-order valence-corrected chi connectivity index (χ4v) is 2.68. The minimum Gasteiger partial charge on any atom is -0.508 e. The summed E-state index contributed by atoms with van der Waals surface area (Å²) in [5.74, 6) is 0.325. The van der Waals surface area contributed by atoms with Gasteiger partial charge in [-0.05, 0) is 44.5 Å². The topological polar surface area (TPSA) is 40.5 Å². The molecule has 0 amide bonds. The number of aromatic hydroxyl groups is 1. The van der Waals surface area contributed by atoms with Crippen LogP contribution in [0.15, 0.2) is 48.5 Å². The standard InChI is InChI=1S/C20H24ClNO2/c1-20(2,3)22(13-15-7-5-4-6-8-15)14-19(24)16-9-10-18(23)17(11-16)12-21/h4-11,23H,12-14H2,1-3H3. The van der Waals surface area contributed by atoms with Crippen molar-refractivity contribution in [1.82, 2.24) is 4.90 Å². The van der Waals surface area contributed by atoms with Gasteiger partial charge in [0.15, 0.2) is 5.78 Å². The number of carbonyl (C=O) groups is 1. The molecular weight excluding hydrogens is 322 g/mol. The van der Waals surface area contributed by atoms with Crippen LogP contribution in [0.2, 0.25) is 0 Å². The van der Waals surface area contributed by atoms with Crippen molar-refractivity contribution in [3.63, 3.8) is 0 Å². The summed E-state index contributed by atoms with van der Waals surface area (Å²) in [6.45, 7) is 7.32. The highest BCUT2D eigenvalue weighted by Crippen LogP contribution is 2.22. The van der Waals surface area contributed by atoms with Gasteiger partial charge in [0.1, 0.15) is 5.75 Å². The van der Waals surface area contributed by atoms with Crippen LogP contribution in [-0.2, 0) is 12.4 Å². The molecule has 0 aromatic heterocycles. The van der Waals surface area contributed by atoms with Crippen LogP contribution in [0.1, 0.15) is 42.3 Å². The van der Waals surface area contributed by atoms with Gasteiger partial charge >= 0.3 is 0 Å². The highest BCUT2D eigenvalue weighted by atomic mass is 35.5. The second-order valence-electron chi connectivity index (χ2n) is 6.91. The molecule has 3 nitrogen and oxygen atoms in total. The predicted octanol–water partition coefficient (Wildman–Crippen LogP) is 4.61. The summed E-state index contributed by atoms with van der Waals surface area (Å²) >= 11 is 5.81. The van der Waals surface area contributed by atoms with E-state index in [4.69, 9.17) is 11.6 Å². The maximum atomic E-state index is 12.7. The van der Waals surface area contributed by atoms with E-state index in [9.17, 15) is 9.90 Å². The number of hydrogen-bond acceptors (Lipinski definition) is 3. The quantitative estimate of drug-likeness (QED) is 0.613. The third-order valence-electron chi connectivity index (χ3n) is 4.04. The first-order valence-electron chi connectivity index (χ1n) is 8.01. The number of hydrogen-bond donors (Lipinski definition) is 1. The third-order valence-corrected chi connectivity index (χ3v) is 4.33. The minimum absolute atomic E-state index is 0.0206. The Labute approximate surface area is 148 Å². The van der Waals surface area contributed by atoms with E-state index in [1.807, 2.05) is 18.2 Å². The SMILES string of the molecule is CC(C)(C)N(CC(=O)c1ccc(O)c(CCl)c1)Cc1ccccc1. The molecule has 0 fully saturated rings. The normalized spacial score (nSPS) is 11.7. The second-order valence-corrected chi connectivity index (χ2v) is 7.18. The average Bonchev–Trinajstić information content (AvgIpc) is 2.54. The van der Waals surface area contributed by atoms with Crippen molar-refractivity contribution in [3.05, 3.63) is 65.2 Å². The van der Waals surface area contributed by atoms with Crippen LogP contribution in [-0.4, -0.2) is 27.9 Å². The number of ketones is 1. The van der Waals surface area contributed by atoms with E-state index in [-0.39, 0.29) is 23.0 Å². The van der Waals surface area contributed by atoms with Gasteiger partial charge in [0, 0.05) is 23.2 Å². The Bertz CT molecular complexity index is 693. The van der Waals surface area contributed by atoms with Crippen LogP contribution in [0.25, 0.3) is 0 Å². The van der Waals surface area contributed by atoms with Crippen molar-refractivity contribution in [2.75, 3.05) is 6.54 Å². The summed E-state index contributed by atoms with van der Waals surface area (Å²) in [6, 6.07) is 15.0. The van der Waals surface area contributed by atoms with Gasteiger partial charge in [0.25, 0.3) is 0 Å². The zero-order valence-corrected chi connectivity index (χ0v) is 15.2. The number of rotatable bonds is 6. The van der Waals surface area contributed by atoms with Crippen LogP contribution in [0.5, 0.6) is 5.75 Å². The number of halogens is 1. The van der Waals surface area contributed by atoms with E-state index >= 15 is 0 Å². The fraction of sp³-hybridized carbons (Fsp3) is 0.350. The monoisotopic (exact) mass is 345 g/mol. The van der Waals surface area contributed by atoms with Gasteiger partial charge in [0.2, 0.25) is 0 Å². The molecule has 2 aromatic rings. The van der Waals surface area contributed by atoms with E-state index < -0.39 is 0 Å². The van der Waals surface area contributed by atoms with E-state index in [1.54, 1.807) is 12.1 Å². The Morgan fingerprint density at radius 3 is 2.38 bits per heavy atom. The maximum absolute atomic E-state index is 12.7. The van der Waals surface area contributed by atoms with Gasteiger partial charge in [0.05, 0.1) is 12.4 Å². The lowest BCUT2D eigenvalue weighted by Gasteiger charge is -2.35. The van der Waals surface area contributed by atoms with Crippen molar-refractivity contribution < 1.29 is 9.90 Å². The smallest absolute Gasteiger partial charge is 0.176 e. The van der Waals surface area contributed by atoms with Gasteiger partial charge in [-0.15, -0.1) is 11.6 Å². The first kappa shape index (κ1) is 18.5. The Balaban J connectivity index is 2.18. The van der Waals surface area contributed by atoms with Crippen LogP contribution < -0.4 is 0 Å². The summed E-state index contributed by atoms with van der Waals surface area (Å²) in [5, 5.41) is 9.72. The summed E-state index contributed by atoms with van der Waals surface area (Å²) in [6.07, 6.45) is 0. The van der Waals surface area contributed by atoms with Crippen LogP contribution in [0.3, 0.4) is 0 Å². The predicted molar refractivity (Wildman–Crippen MR) is 98.6 cm³/mol. The van der Waals surface area contributed by atoms with Crippen molar-refractivity contribution in [1.29, 1.82) is 0 Å². The second kappa shape index (κ2) is 7.82. The van der Waals surface area contributed by atoms with Gasteiger partial charge in [-0.3, -0.25) is 9.69 Å². The zero-order chi connectivity index (χ0) is 17.7. The number of phenolic OH excluding ortho intramolecular Hbond substituents is 1. The van der Waals surface area contributed by atoms with Crippen LogP contribution >= 0.6 is 11.6 Å². The lowest BCUT2D eigenvalue weighted by Crippen LogP contribution is -2.43. The lowest BCUT2D eigenvalue weighted by molar-refractivity contribution is 0.0793. The molecule has 0 radical (unpaired) electrons. The average molecular weight is 346 g/mol. The Hall–Kier alpha value is -1.84. The molecule has 0 aliphatic carbocycles. The number of Topliss-reactive ketones (excluding diaryl/α,β-unsaturated/α-hetero) is 1. The van der Waals surface area contributed by atoms with Gasteiger partial charge in [-0.1, -0.05) is 30.3 Å². The molecule has 128 valence electrons. The number of phenols is 1. The Morgan fingerprint density at radius 1 is 1.12 bits per heavy atom. The molecular formula is C20H24ClNO2. The molecule has 24 heavy (non-hydrogen) atoms. The minimum atomic E-state index is -0.141. The van der Waals surface area contributed by atoms with Crippen molar-refractivity contribution in [3.8, 4) is 5.75 Å². The Kier molecular flexibility index (Phi) is 6.03. The van der Waals surface area contributed by atoms with Gasteiger partial charge in [-0.25, -0.2) is 0 Å². The third kappa shape index (κ3) is 4.83. The highest BCUT2D eigenvalue weighted by Gasteiger charge is 2.24. The Morgan fingerprint density at radius 2 is 1.79 bits per heavy atom. The first-order chi connectivity index (χ1) is 11.3. The summed E-state index contributed by atoms with van der Waals surface area (Å²) in [5.41, 5.74) is 2.18. The molecule has 0 spiro atoms. The van der Waals surface area contributed by atoms with Crippen LogP contribution in [0.4, 0.5) is 0 Å². The lowest BCUT2D eigenvalue weighted by atomic mass is 10.0. The van der Waals surface area contributed by atoms with E-state index in [1.165, 1.54) is 11.6 Å². The summed E-state index contributed by atoms with van der Waals surface area (Å²) in [4.78, 5) is 14.9. The molecule has 0 aliphatic rings. The molecule has 0 saturated carbocycles. The summed E-state index contributed by atoms with van der Waals surface area (Å²) < 4.78 is 0. The highest BCUT2D eigenvalue weighted by molar-refractivity contribution is 6.17. The van der Waals surface area contributed by atoms with E-state index in [0.29, 0.717) is 24.2 Å².